The van der Waals surface area contributed by atoms with Gasteiger partial charge in [0.1, 0.15) is 0 Å². The maximum Gasteiger partial charge on any atom is 0.227 e. The minimum atomic E-state index is 0.0324. The molecule has 1 amide bonds. The first-order valence-corrected chi connectivity index (χ1v) is 6.97. The molecule has 104 valence electrons. The average molecular weight is 292 g/mol. The van der Waals surface area contributed by atoms with Crippen molar-refractivity contribution in [1.82, 2.24) is 15.5 Å². The molecule has 0 spiro atoms. The highest BCUT2D eigenvalue weighted by Gasteiger charge is 2.23. The van der Waals surface area contributed by atoms with E-state index in [1.54, 1.807) is 6.07 Å². The Labute approximate surface area is 121 Å². The quantitative estimate of drug-likeness (QED) is 0.919. The Bertz CT molecular complexity index is 622. The van der Waals surface area contributed by atoms with Crippen LogP contribution in [-0.2, 0) is 11.2 Å². The lowest BCUT2D eigenvalue weighted by atomic mass is 10.2. The third-order valence-corrected chi connectivity index (χ3v) is 3.42. The van der Waals surface area contributed by atoms with Crippen LogP contribution in [0, 0.1) is 0 Å². The molecule has 0 atom stereocenters. The number of carbonyl (C=O) groups is 1. The van der Waals surface area contributed by atoms with Crippen LogP contribution in [0.2, 0.25) is 5.02 Å². The number of benzene rings is 1. The Hall–Kier alpha value is -1.88. The SMILES string of the molecule is O=C(CCc1nc(-c2ccccc2Cl)no1)NC1CC1. The molecule has 1 fully saturated rings. The molecule has 0 aliphatic heterocycles. The summed E-state index contributed by atoms with van der Waals surface area (Å²) >= 11 is 6.07. The van der Waals surface area contributed by atoms with Gasteiger partial charge in [0.05, 0.1) is 5.02 Å². The maximum absolute atomic E-state index is 11.6. The molecule has 1 saturated carbocycles. The van der Waals surface area contributed by atoms with Gasteiger partial charge in [-0.1, -0.05) is 28.9 Å². The van der Waals surface area contributed by atoms with Gasteiger partial charge in [-0.3, -0.25) is 4.79 Å². The first kappa shape index (κ1) is 13.1. The Balaban J connectivity index is 1.61. The topological polar surface area (TPSA) is 68.0 Å². The van der Waals surface area contributed by atoms with Gasteiger partial charge < -0.3 is 9.84 Å². The summed E-state index contributed by atoms with van der Waals surface area (Å²) in [6.07, 6.45) is 2.97. The fourth-order valence-electron chi connectivity index (χ4n) is 1.86. The second-order valence-corrected chi connectivity index (χ2v) is 5.24. The van der Waals surface area contributed by atoms with Gasteiger partial charge in [-0.15, -0.1) is 0 Å². The molecule has 0 radical (unpaired) electrons. The fraction of sp³-hybridized carbons (Fsp3) is 0.357. The van der Waals surface area contributed by atoms with Gasteiger partial charge in [-0.25, -0.2) is 0 Å². The highest BCUT2D eigenvalue weighted by atomic mass is 35.5. The Morgan fingerprint density at radius 2 is 2.20 bits per heavy atom. The predicted octanol–water partition coefficient (Wildman–Crippen LogP) is 2.60. The molecule has 20 heavy (non-hydrogen) atoms. The summed E-state index contributed by atoms with van der Waals surface area (Å²) in [4.78, 5) is 15.8. The molecule has 0 bridgehead atoms. The van der Waals surface area contributed by atoms with Gasteiger partial charge in [0, 0.05) is 24.4 Å². The van der Waals surface area contributed by atoms with E-state index in [1.165, 1.54) is 0 Å². The number of halogens is 1. The number of rotatable bonds is 5. The summed E-state index contributed by atoms with van der Waals surface area (Å²) in [5.74, 6) is 0.934. The molecule has 0 saturated heterocycles. The van der Waals surface area contributed by atoms with Crippen LogP contribution in [0.25, 0.3) is 11.4 Å². The lowest BCUT2D eigenvalue weighted by Crippen LogP contribution is -2.25. The highest BCUT2D eigenvalue weighted by molar-refractivity contribution is 6.33. The number of aromatic nitrogens is 2. The van der Waals surface area contributed by atoms with Crippen molar-refractivity contribution < 1.29 is 9.32 Å². The first-order chi connectivity index (χ1) is 9.72. The smallest absolute Gasteiger partial charge is 0.227 e. The molecule has 2 aromatic rings. The zero-order valence-corrected chi connectivity index (χ0v) is 11.6. The summed E-state index contributed by atoms with van der Waals surface area (Å²) < 4.78 is 5.15. The van der Waals surface area contributed by atoms with E-state index in [4.69, 9.17) is 16.1 Å². The lowest BCUT2D eigenvalue weighted by molar-refractivity contribution is -0.121. The number of hydrogen-bond donors (Lipinski definition) is 1. The van der Waals surface area contributed by atoms with Crippen molar-refractivity contribution in [3.05, 3.63) is 35.2 Å². The van der Waals surface area contributed by atoms with Crippen molar-refractivity contribution in [1.29, 1.82) is 0 Å². The standard InChI is InChI=1S/C14H14ClN3O2/c15-11-4-2-1-3-10(11)14-17-13(20-18-14)8-7-12(19)16-9-5-6-9/h1-4,9H,5-8H2,(H,16,19). The molecule has 3 rings (SSSR count). The summed E-state index contributed by atoms with van der Waals surface area (Å²) in [5, 5.41) is 7.39. The number of nitrogens with zero attached hydrogens (tertiary/aromatic N) is 2. The van der Waals surface area contributed by atoms with Gasteiger partial charge in [-0.2, -0.15) is 4.98 Å². The van der Waals surface area contributed by atoms with E-state index in [9.17, 15) is 4.79 Å². The summed E-state index contributed by atoms with van der Waals surface area (Å²) in [7, 11) is 0. The molecular formula is C14H14ClN3O2. The van der Waals surface area contributed by atoms with Crippen LogP contribution in [0.1, 0.15) is 25.2 Å². The Morgan fingerprint density at radius 1 is 1.40 bits per heavy atom. The normalized spacial score (nSPS) is 14.2. The fourth-order valence-corrected chi connectivity index (χ4v) is 2.08. The van der Waals surface area contributed by atoms with Crippen LogP contribution >= 0.6 is 11.6 Å². The second kappa shape index (κ2) is 5.63. The molecule has 1 aromatic heterocycles. The van der Waals surface area contributed by atoms with Gasteiger partial charge in [-0.05, 0) is 25.0 Å². The Morgan fingerprint density at radius 3 is 2.95 bits per heavy atom. The number of carbonyl (C=O) groups excluding carboxylic acids is 1. The maximum atomic E-state index is 11.6. The van der Waals surface area contributed by atoms with Crippen molar-refractivity contribution in [2.75, 3.05) is 0 Å². The zero-order valence-electron chi connectivity index (χ0n) is 10.8. The molecule has 6 heteroatoms. The third-order valence-electron chi connectivity index (χ3n) is 3.09. The van der Waals surface area contributed by atoms with Gasteiger partial charge >= 0.3 is 0 Å². The predicted molar refractivity (Wildman–Crippen MR) is 74.2 cm³/mol. The van der Waals surface area contributed by atoms with E-state index in [1.807, 2.05) is 18.2 Å². The molecule has 1 heterocycles. The summed E-state index contributed by atoms with van der Waals surface area (Å²) in [6.45, 7) is 0. The molecule has 1 N–H and O–H groups in total. The van der Waals surface area contributed by atoms with E-state index in [2.05, 4.69) is 15.5 Å². The average Bonchev–Trinajstić information content (AvgIpc) is 3.12. The minimum absolute atomic E-state index is 0.0324. The van der Waals surface area contributed by atoms with Gasteiger partial charge in [0.25, 0.3) is 0 Å². The van der Waals surface area contributed by atoms with E-state index in [0.717, 1.165) is 18.4 Å². The minimum Gasteiger partial charge on any atom is -0.353 e. The largest absolute Gasteiger partial charge is 0.353 e. The second-order valence-electron chi connectivity index (χ2n) is 4.83. The lowest BCUT2D eigenvalue weighted by Gasteiger charge is -1.99. The van der Waals surface area contributed by atoms with E-state index >= 15 is 0 Å². The third kappa shape index (κ3) is 3.17. The number of nitrogens with one attached hydrogen (secondary N) is 1. The van der Waals surface area contributed by atoms with E-state index < -0.39 is 0 Å². The molecular weight excluding hydrogens is 278 g/mol. The molecule has 1 aliphatic carbocycles. The molecule has 1 aromatic carbocycles. The number of hydrogen-bond acceptors (Lipinski definition) is 4. The monoisotopic (exact) mass is 291 g/mol. The van der Waals surface area contributed by atoms with E-state index in [0.29, 0.717) is 35.6 Å². The van der Waals surface area contributed by atoms with E-state index in [-0.39, 0.29) is 5.91 Å². The summed E-state index contributed by atoms with van der Waals surface area (Å²) in [5.41, 5.74) is 0.728. The van der Waals surface area contributed by atoms with Crippen molar-refractivity contribution in [3.63, 3.8) is 0 Å². The number of aryl methyl sites for hydroxylation is 1. The van der Waals surface area contributed by atoms with Crippen LogP contribution in [0.4, 0.5) is 0 Å². The van der Waals surface area contributed by atoms with Gasteiger partial charge in [0.2, 0.25) is 17.6 Å². The first-order valence-electron chi connectivity index (χ1n) is 6.59. The van der Waals surface area contributed by atoms with Crippen LogP contribution in [-0.4, -0.2) is 22.1 Å². The van der Waals surface area contributed by atoms with Crippen LogP contribution < -0.4 is 5.32 Å². The molecule has 5 nitrogen and oxygen atoms in total. The van der Waals surface area contributed by atoms with Crippen molar-refractivity contribution in [2.45, 2.75) is 31.7 Å². The summed E-state index contributed by atoms with van der Waals surface area (Å²) in [6, 6.07) is 7.69. The van der Waals surface area contributed by atoms with Crippen molar-refractivity contribution in [2.24, 2.45) is 0 Å². The number of amides is 1. The molecule has 0 unspecified atom stereocenters. The zero-order chi connectivity index (χ0) is 13.9. The van der Waals surface area contributed by atoms with Crippen LogP contribution in [0.15, 0.2) is 28.8 Å². The highest BCUT2D eigenvalue weighted by Crippen LogP contribution is 2.25. The molecule has 1 aliphatic rings. The Kier molecular flexibility index (Phi) is 3.69. The van der Waals surface area contributed by atoms with Crippen LogP contribution in [0.5, 0.6) is 0 Å². The van der Waals surface area contributed by atoms with Crippen molar-refractivity contribution >= 4 is 17.5 Å². The van der Waals surface area contributed by atoms with Crippen LogP contribution in [0.3, 0.4) is 0 Å². The van der Waals surface area contributed by atoms with Gasteiger partial charge in [0.15, 0.2) is 0 Å². The van der Waals surface area contributed by atoms with Crippen molar-refractivity contribution in [3.8, 4) is 11.4 Å².